The van der Waals surface area contributed by atoms with Gasteiger partial charge in [-0.15, -0.1) is 24.0 Å². The van der Waals surface area contributed by atoms with Gasteiger partial charge in [-0.2, -0.15) is 0 Å². The Morgan fingerprint density at radius 2 is 1.64 bits per heavy atom. The maximum atomic E-state index is 11.7. The number of guanidine groups is 1. The Bertz CT molecular complexity index is 676. The van der Waals surface area contributed by atoms with Crippen molar-refractivity contribution in [1.82, 2.24) is 10.2 Å². The molecule has 1 fully saturated rings. The molecular weight excluding hydrogens is 477 g/mol. The molecule has 1 aromatic rings. The van der Waals surface area contributed by atoms with Crippen LogP contribution < -0.4 is 19.5 Å². The van der Waals surface area contributed by atoms with Crippen LogP contribution in [-0.4, -0.2) is 65.4 Å². The maximum absolute atomic E-state index is 11.7. The summed E-state index contributed by atoms with van der Waals surface area (Å²) in [6.45, 7) is 2.03. The molecule has 28 heavy (non-hydrogen) atoms. The highest BCUT2D eigenvalue weighted by molar-refractivity contribution is 14.0. The van der Waals surface area contributed by atoms with Crippen LogP contribution in [0, 0.1) is 5.92 Å². The van der Waals surface area contributed by atoms with Gasteiger partial charge in [0.05, 0.1) is 34.4 Å². The smallest absolute Gasteiger partial charge is 0.308 e. The molecule has 0 radical (unpaired) electrons. The number of esters is 1. The van der Waals surface area contributed by atoms with Gasteiger partial charge in [-0.25, -0.2) is 0 Å². The van der Waals surface area contributed by atoms with Crippen LogP contribution in [0.4, 0.5) is 0 Å². The molecule has 1 N–H and O–H groups in total. The minimum Gasteiger partial charge on any atom is -0.496 e. The van der Waals surface area contributed by atoms with Crippen molar-refractivity contribution in [2.45, 2.75) is 19.4 Å². The minimum absolute atomic E-state index is 0. The average Bonchev–Trinajstić information content (AvgIpc) is 2.73. The second-order valence-electron chi connectivity index (χ2n) is 6.20. The lowest BCUT2D eigenvalue weighted by Gasteiger charge is -2.33. The third-order valence-corrected chi connectivity index (χ3v) is 4.76. The molecule has 8 nitrogen and oxygen atoms in total. The van der Waals surface area contributed by atoms with E-state index in [1.54, 1.807) is 34.4 Å². The number of hydrogen-bond donors (Lipinski definition) is 1. The Morgan fingerprint density at radius 3 is 2.14 bits per heavy atom. The van der Waals surface area contributed by atoms with Crippen molar-refractivity contribution in [2.24, 2.45) is 10.9 Å². The molecule has 0 bridgehead atoms. The molecule has 9 heteroatoms. The van der Waals surface area contributed by atoms with E-state index < -0.39 is 0 Å². The first kappa shape index (κ1) is 24.1. The largest absolute Gasteiger partial charge is 0.496 e. The summed E-state index contributed by atoms with van der Waals surface area (Å²) in [5, 5.41) is 3.36. The number of ether oxygens (including phenoxy) is 4. The van der Waals surface area contributed by atoms with Gasteiger partial charge >= 0.3 is 5.97 Å². The first-order valence-corrected chi connectivity index (χ1v) is 8.90. The maximum Gasteiger partial charge on any atom is 0.308 e. The predicted octanol–water partition coefficient (Wildman–Crippen LogP) is 2.29. The van der Waals surface area contributed by atoms with E-state index in [1.807, 2.05) is 6.07 Å². The summed E-state index contributed by atoms with van der Waals surface area (Å²) in [6, 6.07) is 3.70. The molecule has 0 saturated carbocycles. The first-order valence-electron chi connectivity index (χ1n) is 8.90. The molecule has 0 unspecified atom stereocenters. The molecule has 1 heterocycles. The second kappa shape index (κ2) is 11.8. The van der Waals surface area contributed by atoms with Crippen LogP contribution in [0.2, 0.25) is 0 Å². The van der Waals surface area contributed by atoms with Crippen LogP contribution in [0.15, 0.2) is 17.1 Å². The highest BCUT2D eigenvalue weighted by atomic mass is 127. The number of likely N-dealkylation sites (tertiary alicyclic amines) is 1. The van der Waals surface area contributed by atoms with Crippen LogP contribution in [0.1, 0.15) is 18.4 Å². The van der Waals surface area contributed by atoms with Crippen LogP contribution in [0.5, 0.6) is 17.2 Å². The fourth-order valence-electron chi connectivity index (χ4n) is 3.23. The van der Waals surface area contributed by atoms with E-state index in [0.717, 1.165) is 37.5 Å². The van der Waals surface area contributed by atoms with E-state index in [2.05, 4.69) is 15.2 Å². The van der Waals surface area contributed by atoms with E-state index in [1.165, 1.54) is 7.11 Å². The number of nitrogens with zero attached hydrogens (tertiary/aromatic N) is 2. The van der Waals surface area contributed by atoms with Crippen LogP contribution >= 0.6 is 24.0 Å². The lowest BCUT2D eigenvalue weighted by molar-refractivity contribution is -0.146. The second-order valence-corrected chi connectivity index (χ2v) is 6.20. The zero-order valence-corrected chi connectivity index (χ0v) is 19.4. The van der Waals surface area contributed by atoms with Crippen LogP contribution in [0.25, 0.3) is 0 Å². The van der Waals surface area contributed by atoms with Gasteiger partial charge in [-0.05, 0) is 18.9 Å². The lowest BCUT2D eigenvalue weighted by atomic mass is 9.97. The Kier molecular flexibility index (Phi) is 10.2. The van der Waals surface area contributed by atoms with E-state index in [-0.39, 0.29) is 35.9 Å². The minimum atomic E-state index is -0.132. The number of piperidine rings is 1. The molecule has 0 aliphatic carbocycles. The van der Waals surface area contributed by atoms with Gasteiger partial charge < -0.3 is 29.2 Å². The molecule has 1 aliphatic heterocycles. The Labute approximate surface area is 183 Å². The van der Waals surface area contributed by atoms with Gasteiger partial charge in [0.25, 0.3) is 0 Å². The van der Waals surface area contributed by atoms with Gasteiger partial charge in [0.2, 0.25) is 0 Å². The summed E-state index contributed by atoms with van der Waals surface area (Å²) >= 11 is 0. The number of aliphatic imine (C=N–C) groups is 1. The van der Waals surface area contributed by atoms with Gasteiger partial charge in [0.15, 0.2) is 17.5 Å². The van der Waals surface area contributed by atoms with E-state index in [9.17, 15) is 4.79 Å². The molecule has 2 rings (SSSR count). The van der Waals surface area contributed by atoms with E-state index in [4.69, 9.17) is 18.9 Å². The summed E-state index contributed by atoms with van der Waals surface area (Å²) < 4.78 is 21.0. The Morgan fingerprint density at radius 1 is 1.07 bits per heavy atom. The fourth-order valence-corrected chi connectivity index (χ4v) is 3.23. The van der Waals surface area contributed by atoms with Gasteiger partial charge in [-0.1, -0.05) is 0 Å². The standard InChI is InChI=1S/C19H29N3O5.HI/c1-20-19(22-8-6-13(7-9-22)18(23)27-5)21-12-14-10-16(25-3)17(26-4)11-15(14)24-2;/h10-11,13H,6-9,12H2,1-5H3,(H,20,21);1H. The average molecular weight is 507 g/mol. The summed E-state index contributed by atoms with van der Waals surface area (Å²) in [7, 11) is 8.00. The fraction of sp³-hybridized carbons (Fsp3) is 0.579. The molecule has 1 aliphatic rings. The quantitative estimate of drug-likeness (QED) is 0.274. The number of halogens is 1. The number of hydrogen-bond acceptors (Lipinski definition) is 6. The molecule has 0 aromatic heterocycles. The first-order chi connectivity index (χ1) is 13.1. The van der Waals surface area contributed by atoms with Crippen molar-refractivity contribution in [3.63, 3.8) is 0 Å². The van der Waals surface area contributed by atoms with Crippen LogP contribution in [-0.2, 0) is 16.1 Å². The van der Waals surface area contributed by atoms with Gasteiger partial charge in [0.1, 0.15) is 5.75 Å². The Hall–Kier alpha value is -1.91. The van der Waals surface area contributed by atoms with Gasteiger partial charge in [-0.3, -0.25) is 9.79 Å². The highest BCUT2D eigenvalue weighted by Crippen LogP contribution is 2.34. The summed E-state index contributed by atoms with van der Waals surface area (Å²) in [5.74, 6) is 2.59. The summed E-state index contributed by atoms with van der Waals surface area (Å²) in [6.07, 6.45) is 1.51. The van der Waals surface area contributed by atoms with Crippen LogP contribution in [0.3, 0.4) is 0 Å². The molecule has 0 spiro atoms. The molecule has 0 atom stereocenters. The van der Waals surface area contributed by atoms with Crippen molar-refractivity contribution in [3.05, 3.63) is 17.7 Å². The number of carbonyl (C=O) groups excluding carboxylic acids is 1. The number of carbonyl (C=O) groups is 1. The van der Waals surface area contributed by atoms with E-state index in [0.29, 0.717) is 23.8 Å². The van der Waals surface area contributed by atoms with E-state index >= 15 is 0 Å². The number of benzene rings is 1. The van der Waals surface area contributed by atoms with Crippen molar-refractivity contribution in [2.75, 3.05) is 48.6 Å². The predicted molar refractivity (Wildman–Crippen MR) is 118 cm³/mol. The molecular formula is C19H30IN3O5. The van der Waals surface area contributed by atoms with Crippen molar-refractivity contribution in [1.29, 1.82) is 0 Å². The van der Waals surface area contributed by atoms with Gasteiger partial charge in [0, 0.05) is 38.3 Å². The van der Waals surface area contributed by atoms with Crippen molar-refractivity contribution >= 4 is 35.9 Å². The normalized spacial score (nSPS) is 14.8. The third-order valence-electron chi connectivity index (χ3n) is 4.76. The monoisotopic (exact) mass is 507 g/mol. The SMILES string of the molecule is CN=C(NCc1cc(OC)c(OC)cc1OC)N1CCC(C(=O)OC)CC1.I. The molecule has 0 amide bonds. The zero-order chi connectivity index (χ0) is 19.8. The topological polar surface area (TPSA) is 81.6 Å². The number of methoxy groups -OCH3 is 4. The Balaban J connectivity index is 0.00000392. The molecule has 1 aromatic carbocycles. The third kappa shape index (κ3) is 5.79. The zero-order valence-electron chi connectivity index (χ0n) is 17.1. The highest BCUT2D eigenvalue weighted by Gasteiger charge is 2.27. The number of nitrogens with one attached hydrogen (secondary N) is 1. The number of rotatable bonds is 6. The summed E-state index contributed by atoms with van der Waals surface area (Å²) in [5.41, 5.74) is 0.931. The molecule has 1 saturated heterocycles. The van der Waals surface area contributed by atoms with Crippen molar-refractivity contribution in [3.8, 4) is 17.2 Å². The summed E-state index contributed by atoms with van der Waals surface area (Å²) in [4.78, 5) is 18.2. The van der Waals surface area contributed by atoms with Crippen molar-refractivity contribution < 1.29 is 23.7 Å². The lowest BCUT2D eigenvalue weighted by Crippen LogP contribution is -2.46. The molecule has 158 valence electrons.